The first-order valence-corrected chi connectivity index (χ1v) is 7.06. The van der Waals surface area contributed by atoms with Gasteiger partial charge in [0.1, 0.15) is 0 Å². The van der Waals surface area contributed by atoms with Crippen LogP contribution in [0.4, 0.5) is 5.95 Å². The SMILES string of the molecule is CC1CCN(c2n[nH]c(-c3ccncc3Cl)n2)CC1N. The topological polar surface area (TPSA) is 83.7 Å². The number of nitrogens with zero attached hydrogens (tertiary/aromatic N) is 4. The lowest BCUT2D eigenvalue weighted by atomic mass is 9.95. The molecule has 1 aliphatic heterocycles. The summed E-state index contributed by atoms with van der Waals surface area (Å²) < 4.78 is 0. The van der Waals surface area contributed by atoms with Crippen LogP contribution in [-0.2, 0) is 0 Å². The van der Waals surface area contributed by atoms with Gasteiger partial charge in [0, 0.05) is 37.1 Å². The van der Waals surface area contributed by atoms with Crippen LogP contribution in [0.2, 0.25) is 5.02 Å². The lowest BCUT2D eigenvalue weighted by Crippen LogP contribution is -2.48. The van der Waals surface area contributed by atoms with Crippen molar-refractivity contribution in [3.05, 3.63) is 23.5 Å². The van der Waals surface area contributed by atoms with E-state index in [4.69, 9.17) is 17.3 Å². The third kappa shape index (κ3) is 2.48. The highest BCUT2D eigenvalue weighted by Gasteiger charge is 2.25. The molecule has 1 aliphatic rings. The summed E-state index contributed by atoms with van der Waals surface area (Å²) in [6.07, 6.45) is 4.33. The first kappa shape index (κ1) is 13.3. The fourth-order valence-electron chi connectivity index (χ4n) is 2.36. The van der Waals surface area contributed by atoms with Gasteiger partial charge in [0.05, 0.1) is 5.02 Å². The molecule has 2 aromatic rings. The Morgan fingerprint density at radius 3 is 3.10 bits per heavy atom. The van der Waals surface area contributed by atoms with Crippen LogP contribution < -0.4 is 10.6 Å². The molecule has 7 heteroatoms. The second-order valence-electron chi connectivity index (χ2n) is 5.22. The lowest BCUT2D eigenvalue weighted by Gasteiger charge is -2.34. The molecule has 3 rings (SSSR count). The number of nitrogens with two attached hydrogens (primary N) is 1. The van der Waals surface area contributed by atoms with Gasteiger partial charge < -0.3 is 10.6 Å². The predicted octanol–water partition coefficient (Wildman–Crippen LogP) is 1.69. The highest BCUT2D eigenvalue weighted by atomic mass is 35.5. The van der Waals surface area contributed by atoms with Crippen LogP contribution in [0, 0.1) is 5.92 Å². The number of piperidine rings is 1. The maximum atomic E-state index is 6.11. The number of hydrogen-bond donors (Lipinski definition) is 2. The Balaban J connectivity index is 1.82. The van der Waals surface area contributed by atoms with E-state index in [1.54, 1.807) is 12.4 Å². The molecule has 0 amide bonds. The predicted molar refractivity (Wildman–Crippen MR) is 78.6 cm³/mol. The van der Waals surface area contributed by atoms with Gasteiger partial charge in [-0.05, 0) is 18.4 Å². The van der Waals surface area contributed by atoms with E-state index in [-0.39, 0.29) is 6.04 Å². The summed E-state index contributed by atoms with van der Waals surface area (Å²) in [4.78, 5) is 10.6. The van der Waals surface area contributed by atoms with Gasteiger partial charge in [-0.2, -0.15) is 4.98 Å². The zero-order valence-electron chi connectivity index (χ0n) is 11.3. The Morgan fingerprint density at radius 2 is 2.35 bits per heavy atom. The van der Waals surface area contributed by atoms with E-state index in [2.05, 4.69) is 32.0 Å². The van der Waals surface area contributed by atoms with Crippen LogP contribution >= 0.6 is 11.6 Å². The summed E-state index contributed by atoms with van der Waals surface area (Å²) >= 11 is 6.11. The van der Waals surface area contributed by atoms with Crippen LogP contribution in [0.3, 0.4) is 0 Å². The van der Waals surface area contributed by atoms with Gasteiger partial charge in [-0.15, -0.1) is 5.10 Å². The quantitative estimate of drug-likeness (QED) is 0.880. The Labute approximate surface area is 122 Å². The second kappa shape index (κ2) is 5.38. The minimum atomic E-state index is 0.162. The number of aromatic amines is 1. The normalized spacial score (nSPS) is 23.1. The molecule has 3 N–H and O–H groups in total. The summed E-state index contributed by atoms with van der Waals surface area (Å²) in [7, 11) is 0. The van der Waals surface area contributed by atoms with Gasteiger partial charge in [-0.25, -0.2) is 0 Å². The summed E-state index contributed by atoms with van der Waals surface area (Å²) in [5.41, 5.74) is 6.91. The molecule has 0 spiro atoms. The molecule has 0 aliphatic carbocycles. The van der Waals surface area contributed by atoms with Crippen LogP contribution in [0.1, 0.15) is 13.3 Å². The summed E-state index contributed by atoms with van der Waals surface area (Å²) in [6, 6.07) is 1.98. The molecule has 20 heavy (non-hydrogen) atoms. The highest BCUT2D eigenvalue weighted by molar-refractivity contribution is 6.33. The van der Waals surface area contributed by atoms with E-state index in [1.807, 2.05) is 6.07 Å². The maximum Gasteiger partial charge on any atom is 0.245 e. The molecule has 106 valence electrons. The molecule has 0 bridgehead atoms. The zero-order chi connectivity index (χ0) is 14.1. The molecule has 3 heterocycles. The number of halogens is 1. The second-order valence-corrected chi connectivity index (χ2v) is 5.62. The van der Waals surface area contributed by atoms with Crippen molar-refractivity contribution in [3.63, 3.8) is 0 Å². The lowest BCUT2D eigenvalue weighted by molar-refractivity contribution is 0.376. The third-order valence-electron chi connectivity index (χ3n) is 3.80. The van der Waals surface area contributed by atoms with Crippen molar-refractivity contribution in [3.8, 4) is 11.4 Å². The molecule has 0 saturated carbocycles. The molecule has 1 fully saturated rings. The minimum Gasteiger partial charge on any atom is -0.338 e. The van der Waals surface area contributed by atoms with Crippen molar-refractivity contribution in [1.82, 2.24) is 20.2 Å². The van der Waals surface area contributed by atoms with Crippen molar-refractivity contribution in [2.75, 3.05) is 18.0 Å². The van der Waals surface area contributed by atoms with Gasteiger partial charge in [-0.3, -0.25) is 10.1 Å². The number of aromatic nitrogens is 4. The largest absolute Gasteiger partial charge is 0.338 e. The minimum absolute atomic E-state index is 0.162. The number of nitrogens with one attached hydrogen (secondary N) is 1. The standard InChI is InChI=1S/C13H17ClN6/c1-8-3-5-20(7-11(8)15)13-17-12(18-19-13)9-2-4-16-6-10(9)14/h2,4,6,8,11H,3,5,7,15H2,1H3,(H,17,18,19). The summed E-state index contributed by atoms with van der Waals surface area (Å²) in [6.45, 7) is 3.89. The monoisotopic (exact) mass is 292 g/mol. The van der Waals surface area contributed by atoms with Crippen molar-refractivity contribution >= 4 is 17.5 Å². The van der Waals surface area contributed by atoms with Crippen LogP contribution in [0.15, 0.2) is 18.5 Å². The summed E-state index contributed by atoms with van der Waals surface area (Å²) in [5.74, 6) is 1.87. The van der Waals surface area contributed by atoms with Gasteiger partial charge in [-0.1, -0.05) is 18.5 Å². The molecule has 2 aromatic heterocycles. The van der Waals surface area contributed by atoms with E-state index in [1.165, 1.54) is 0 Å². The number of pyridine rings is 1. The molecule has 0 aromatic carbocycles. The third-order valence-corrected chi connectivity index (χ3v) is 4.10. The van der Waals surface area contributed by atoms with E-state index in [0.717, 1.165) is 25.1 Å². The zero-order valence-corrected chi connectivity index (χ0v) is 12.0. The van der Waals surface area contributed by atoms with Crippen molar-refractivity contribution < 1.29 is 0 Å². The van der Waals surface area contributed by atoms with Crippen LogP contribution in [0.25, 0.3) is 11.4 Å². The molecule has 0 radical (unpaired) electrons. The van der Waals surface area contributed by atoms with E-state index >= 15 is 0 Å². The molecular weight excluding hydrogens is 276 g/mol. The Morgan fingerprint density at radius 1 is 1.50 bits per heavy atom. The number of rotatable bonds is 2. The molecule has 2 atom stereocenters. The summed E-state index contributed by atoms with van der Waals surface area (Å²) in [5, 5.41) is 7.76. The molecular formula is C13H17ClN6. The number of H-pyrrole nitrogens is 1. The van der Waals surface area contributed by atoms with E-state index in [0.29, 0.717) is 22.7 Å². The van der Waals surface area contributed by atoms with Gasteiger partial charge in [0.15, 0.2) is 5.82 Å². The average molecular weight is 293 g/mol. The fraction of sp³-hybridized carbons (Fsp3) is 0.462. The van der Waals surface area contributed by atoms with E-state index in [9.17, 15) is 0 Å². The van der Waals surface area contributed by atoms with Crippen molar-refractivity contribution in [2.24, 2.45) is 11.7 Å². The van der Waals surface area contributed by atoms with Crippen LogP contribution in [0.5, 0.6) is 0 Å². The molecule has 6 nitrogen and oxygen atoms in total. The van der Waals surface area contributed by atoms with Gasteiger partial charge in [0.25, 0.3) is 0 Å². The van der Waals surface area contributed by atoms with Gasteiger partial charge >= 0.3 is 0 Å². The molecule has 1 saturated heterocycles. The Hall–Kier alpha value is -1.66. The fourth-order valence-corrected chi connectivity index (χ4v) is 2.57. The highest BCUT2D eigenvalue weighted by Crippen LogP contribution is 2.26. The first-order chi connectivity index (χ1) is 9.65. The molecule has 2 unspecified atom stereocenters. The average Bonchev–Trinajstić information content (AvgIpc) is 2.92. The van der Waals surface area contributed by atoms with Crippen molar-refractivity contribution in [1.29, 1.82) is 0 Å². The Bertz CT molecular complexity index is 598. The number of hydrogen-bond acceptors (Lipinski definition) is 5. The smallest absolute Gasteiger partial charge is 0.245 e. The van der Waals surface area contributed by atoms with Crippen molar-refractivity contribution in [2.45, 2.75) is 19.4 Å². The maximum absolute atomic E-state index is 6.11. The Kier molecular flexibility index (Phi) is 3.58. The van der Waals surface area contributed by atoms with Gasteiger partial charge in [0.2, 0.25) is 5.95 Å². The van der Waals surface area contributed by atoms with Crippen LogP contribution in [-0.4, -0.2) is 39.3 Å². The van der Waals surface area contributed by atoms with E-state index < -0.39 is 0 Å². The first-order valence-electron chi connectivity index (χ1n) is 6.68. The number of anilines is 1.